The van der Waals surface area contributed by atoms with Crippen LogP contribution in [-0.2, 0) is 0 Å². The highest BCUT2D eigenvalue weighted by Gasteiger charge is 2.24. The third kappa shape index (κ3) is 3.89. The summed E-state index contributed by atoms with van der Waals surface area (Å²) in [6, 6.07) is 4.50. The second kappa shape index (κ2) is 5.87. The van der Waals surface area contributed by atoms with Gasteiger partial charge >= 0.3 is 0 Å². The van der Waals surface area contributed by atoms with E-state index >= 15 is 0 Å². The van der Waals surface area contributed by atoms with Crippen LogP contribution in [-0.4, -0.2) is 22.3 Å². The summed E-state index contributed by atoms with van der Waals surface area (Å²) >= 11 is 5.71. The summed E-state index contributed by atoms with van der Waals surface area (Å²) in [5.74, 6) is 0.202. The summed E-state index contributed by atoms with van der Waals surface area (Å²) in [5, 5.41) is 2.89. The Labute approximate surface area is 105 Å². The molecule has 2 N–H and O–H groups in total. The van der Waals surface area contributed by atoms with Gasteiger partial charge in [0, 0.05) is 17.5 Å². The topological polar surface area (TPSA) is 62.0 Å². The molecule has 0 aliphatic rings. The number of aromatic nitrogens is 1. The number of aromatic amines is 1. The Morgan fingerprint density at radius 3 is 2.76 bits per heavy atom. The lowest BCUT2D eigenvalue weighted by molar-refractivity contribution is 0.0896. The lowest BCUT2D eigenvalue weighted by atomic mass is 9.95. The molecule has 0 radical (unpaired) electrons. The number of halogens is 1. The minimum absolute atomic E-state index is 0.270. The average molecular weight is 257 g/mol. The van der Waals surface area contributed by atoms with E-state index in [9.17, 15) is 9.59 Å². The zero-order chi connectivity index (χ0) is 12.9. The van der Waals surface area contributed by atoms with E-state index in [4.69, 9.17) is 11.6 Å². The van der Waals surface area contributed by atoms with E-state index < -0.39 is 0 Å². The van der Waals surface area contributed by atoms with Crippen LogP contribution in [0.3, 0.4) is 0 Å². The van der Waals surface area contributed by atoms with Gasteiger partial charge in [-0.05, 0) is 25.8 Å². The van der Waals surface area contributed by atoms with Crippen molar-refractivity contribution in [1.29, 1.82) is 0 Å². The van der Waals surface area contributed by atoms with Gasteiger partial charge < -0.3 is 10.3 Å². The van der Waals surface area contributed by atoms with Crippen LogP contribution in [0, 0.1) is 0 Å². The van der Waals surface area contributed by atoms with Crippen LogP contribution in [0.1, 0.15) is 37.2 Å². The van der Waals surface area contributed by atoms with Gasteiger partial charge in [-0.2, -0.15) is 0 Å². The van der Waals surface area contributed by atoms with Gasteiger partial charge in [0.1, 0.15) is 5.69 Å². The van der Waals surface area contributed by atoms with Crippen molar-refractivity contribution in [3.63, 3.8) is 0 Å². The smallest absolute Gasteiger partial charge is 0.268 e. The number of hydrogen-bond acceptors (Lipinski definition) is 2. The quantitative estimate of drug-likeness (QED) is 0.791. The molecular weight excluding hydrogens is 240 g/mol. The van der Waals surface area contributed by atoms with Crippen molar-refractivity contribution >= 4 is 17.5 Å². The van der Waals surface area contributed by atoms with E-state index in [2.05, 4.69) is 10.3 Å². The second-order valence-corrected chi connectivity index (χ2v) is 4.61. The molecule has 0 aliphatic carbocycles. The lowest BCUT2D eigenvalue weighted by Crippen LogP contribution is -2.46. The highest BCUT2D eigenvalue weighted by atomic mass is 35.5. The van der Waals surface area contributed by atoms with Crippen molar-refractivity contribution in [1.82, 2.24) is 10.3 Å². The molecule has 0 aliphatic heterocycles. The lowest BCUT2D eigenvalue weighted by Gasteiger charge is -2.28. The molecule has 1 rings (SSSR count). The number of alkyl halides is 1. The minimum Gasteiger partial charge on any atom is -0.346 e. The first-order chi connectivity index (χ1) is 8.00. The normalized spacial score (nSPS) is 14.1. The van der Waals surface area contributed by atoms with Crippen molar-refractivity contribution in [2.75, 3.05) is 5.88 Å². The van der Waals surface area contributed by atoms with Crippen molar-refractivity contribution in [2.24, 2.45) is 0 Å². The predicted octanol–water partition coefficient (Wildman–Crippen LogP) is 1.90. The van der Waals surface area contributed by atoms with E-state index in [1.807, 2.05) is 13.8 Å². The van der Waals surface area contributed by atoms with Gasteiger partial charge in [-0.25, -0.2) is 0 Å². The average Bonchev–Trinajstić information content (AvgIpc) is 2.29. The molecule has 1 atom stereocenters. The van der Waals surface area contributed by atoms with Gasteiger partial charge in [-0.15, -0.1) is 11.6 Å². The van der Waals surface area contributed by atoms with E-state index in [-0.39, 0.29) is 22.7 Å². The van der Waals surface area contributed by atoms with Gasteiger partial charge in [-0.1, -0.05) is 13.0 Å². The van der Waals surface area contributed by atoms with Crippen LogP contribution < -0.4 is 10.9 Å². The number of nitrogens with one attached hydrogen (secondary N) is 2. The third-order valence-corrected chi connectivity index (χ3v) is 3.04. The first-order valence-corrected chi connectivity index (χ1v) is 6.12. The maximum atomic E-state index is 11.9. The van der Waals surface area contributed by atoms with Crippen LogP contribution in [0.5, 0.6) is 0 Å². The molecule has 0 saturated carbocycles. The Kier molecular flexibility index (Phi) is 4.75. The van der Waals surface area contributed by atoms with Crippen LogP contribution in [0.25, 0.3) is 0 Å². The molecule has 1 aromatic rings. The summed E-state index contributed by atoms with van der Waals surface area (Å²) in [5.41, 5.74) is -0.356. The fourth-order valence-electron chi connectivity index (χ4n) is 1.46. The molecule has 0 fully saturated rings. The van der Waals surface area contributed by atoms with E-state index in [0.29, 0.717) is 12.3 Å². The van der Waals surface area contributed by atoms with E-state index in [1.54, 1.807) is 12.1 Å². The molecule has 17 heavy (non-hydrogen) atoms. The van der Waals surface area contributed by atoms with Crippen LogP contribution >= 0.6 is 11.6 Å². The summed E-state index contributed by atoms with van der Waals surface area (Å²) in [6.07, 6.45) is 1.47. The molecule has 94 valence electrons. The highest BCUT2D eigenvalue weighted by molar-refractivity contribution is 6.17. The summed E-state index contributed by atoms with van der Waals surface area (Å²) < 4.78 is 0. The fourth-order valence-corrected chi connectivity index (χ4v) is 1.87. The Balaban J connectivity index is 2.81. The molecule has 1 unspecified atom stereocenters. The minimum atomic E-state index is -0.342. The molecule has 0 aromatic carbocycles. The molecule has 0 bridgehead atoms. The molecule has 5 heteroatoms. The van der Waals surface area contributed by atoms with Crippen LogP contribution in [0.2, 0.25) is 0 Å². The SMILES string of the molecule is CCC(C)(CCCl)NC(=O)c1cccc(=O)[nH]1. The molecule has 1 heterocycles. The third-order valence-electron chi connectivity index (χ3n) is 2.85. The Hall–Kier alpha value is -1.29. The Morgan fingerprint density at radius 2 is 2.24 bits per heavy atom. The Bertz CT molecular complexity index is 444. The summed E-state index contributed by atoms with van der Waals surface area (Å²) in [6.45, 7) is 3.93. The van der Waals surface area contributed by atoms with Gasteiger partial charge in [0.2, 0.25) is 5.56 Å². The number of hydrogen-bond donors (Lipinski definition) is 2. The number of H-pyrrole nitrogens is 1. The fraction of sp³-hybridized carbons (Fsp3) is 0.500. The largest absolute Gasteiger partial charge is 0.346 e. The standard InChI is InChI=1S/C12H17ClN2O2/c1-3-12(2,7-8-13)15-11(17)9-5-4-6-10(16)14-9/h4-6H,3,7-8H2,1-2H3,(H,14,16)(H,15,17). The van der Waals surface area contributed by atoms with Crippen molar-refractivity contribution in [3.05, 3.63) is 34.2 Å². The molecule has 0 saturated heterocycles. The monoisotopic (exact) mass is 256 g/mol. The predicted molar refractivity (Wildman–Crippen MR) is 68.6 cm³/mol. The maximum Gasteiger partial charge on any atom is 0.268 e. The number of carbonyl (C=O) groups is 1. The van der Waals surface area contributed by atoms with Crippen LogP contribution in [0.15, 0.2) is 23.0 Å². The van der Waals surface area contributed by atoms with Gasteiger partial charge in [0.25, 0.3) is 5.91 Å². The number of amides is 1. The van der Waals surface area contributed by atoms with Crippen molar-refractivity contribution in [3.8, 4) is 0 Å². The van der Waals surface area contributed by atoms with Crippen molar-refractivity contribution in [2.45, 2.75) is 32.2 Å². The molecule has 1 aromatic heterocycles. The summed E-state index contributed by atoms with van der Waals surface area (Å²) in [4.78, 5) is 25.5. The molecular formula is C12H17ClN2O2. The first kappa shape index (κ1) is 13.8. The molecule has 0 spiro atoms. The molecule has 1 amide bonds. The maximum absolute atomic E-state index is 11.9. The second-order valence-electron chi connectivity index (χ2n) is 4.24. The van der Waals surface area contributed by atoms with Gasteiger partial charge in [-0.3, -0.25) is 9.59 Å². The number of pyridine rings is 1. The van der Waals surface area contributed by atoms with E-state index in [0.717, 1.165) is 6.42 Å². The highest BCUT2D eigenvalue weighted by Crippen LogP contribution is 2.15. The van der Waals surface area contributed by atoms with Gasteiger partial charge in [0.15, 0.2) is 0 Å². The number of rotatable bonds is 5. The Morgan fingerprint density at radius 1 is 1.53 bits per heavy atom. The first-order valence-electron chi connectivity index (χ1n) is 5.58. The van der Waals surface area contributed by atoms with E-state index in [1.165, 1.54) is 6.07 Å². The number of carbonyl (C=O) groups excluding carboxylic acids is 1. The zero-order valence-corrected chi connectivity index (χ0v) is 10.8. The van der Waals surface area contributed by atoms with Gasteiger partial charge in [0.05, 0.1) is 0 Å². The summed E-state index contributed by atoms with van der Waals surface area (Å²) in [7, 11) is 0. The zero-order valence-electron chi connectivity index (χ0n) is 10.0. The molecule has 4 nitrogen and oxygen atoms in total. The van der Waals surface area contributed by atoms with Crippen LogP contribution in [0.4, 0.5) is 0 Å². The van der Waals surface area contributed by atoms with Crippen molar-refractivity contribution < 1.29 is 4.79 Å².